The van der Waals surface area contributed by atoms with E-state index in [9.17, 15) is 0 Å². The predicted molar refractivity (Wildman–Crippen MR) is 48.1 cm³/mol. The summed E-state index contributed by atoms with van der Waals surface area (Å²) in [5, 5.41) is 11.7. The van der Waals surface area contributed by atoms with Gasteiger partial charge in [-0.05, 0) is 36.6 Å². The molecule has 2 heterocycles. The van der Waals surface area contributed by atoms with Gasteiger partial charge in [0, 0.05) is 18.5 Å². The molecule has 0 bridgehead atoms. The number of hydrogen-bond donors (Lipinski definition) is 1. The van der Waals surface area contributed by atoms with Crippen molar-refractivity contribution in [3.63, 3.8) is 0 Å². The first-order chi connectivity index (χ1) is 6.27. The first-order valence-electron chi connectivity index (χ1n) is 4.79. The molecule has 1 aromatic heterocycles. The Morgan fingerprint density at radius 1 is 1.69 bits per heavy atom. The smallest absolute Gasteiger partial charge is 0.154 e. The summed E-state index contributed by atoms with van der Waals surface area (Å²) in [6.45, 7) is 2.99. The van der Waals surface area contributed by atoms with E-state index in [1.807, 2.05) is 11.6 Å². The lowest BCUT2D eigenvalue weighted by atomic mass is 9.93. The summed E-state index contributed by atoms with van der Waals surface area (Å²) in [5.41, 5.74) is 5.77. The standard InChI is InChI=1S/C8H15N5/c1-6(9)5-7-3-2-4-13-8(7)10-11-12-13/h6-7H,2-5,9H2,1H3. The van der Waals surface area contributed by atoms with Crippen LogP contribution in [-0.4, -0.2) is 26.2 Å². The van der Waals surface area contributed by atoms with E-state index in [1.54, 1.807) is 0 Å². The summed E-state index contributed by atoms with van der Waals surface area (Å²) >= 11 is 0. The van der Waals surface area contributed by atoms with Crippen molar-refractivity contribution in [3.8, 4) is 0 Å². The zero-order valence-corrected chi connectivity index (χ0v) is 7.85. The molecule has 5 heteroatoms. The first-order valence-corrected chi connectivity index (χ1v) is 4.79. The van der Waals surface area contributed by atoms with E-state index in [1.165, 1.54) is 6.42 Å². The fourth-order valence-electron chi connectivity index (χ4n) is 1.95. The Kier molecular flexibility index (Phi) is 2.26. The molecule has 1 aliphatic rings. The second kappa shape index (κ2) is 3.41. The zero-order chi connectivity index (χ0) is 9.26. The fraction of sp³-hybridized carbons (Fsp3) is 0.875. The Morgan fingerprint density at radius 2 is 2.54 bits per heavy atom. The van der Waals surface area contributed by atoms with Gasteiger partial charge in [0.25, 0.3) is 0 Å². The van der Waals surface area contributed by atoms with Crippen LogP contribution in [-0.2, 0) is 6.54 Å². The number of fused-ring (bicyclic) bond motifs is 1. The van der Waals surface area contributed by atoms with Crippen LogP contribution in [0.5, 0.6) is 0 Å². The lowest BCUT2D eigenvalue weighted by Crippen LogP contribution is -2.24. The second-order valence-electron chi connectivity index (χ2n) is 3.81. The lowest BCUT2D eigenvalue weighted by molar-refractivity contribution is 0.385. The minimum atomic E-state index is 0.230. The quantitative estimate of drug-likeness (QED) is 0.711. The van der Waals surface area contributed by atoms with Crippen LogP contribution >= 0.6 is 0 Å². The molecule has 0 fully saturated rings. The highest BCUT2D eigenvalue weighted by atomic mass is 15.5. The molecular weight excluding hydrogens is 166 g/mol. The first kappa shape index (κ1) is 8.62. The summed E-state index contributed by atoms with van der Waals surface area (Å²) < 4.78 is 1.90. The van der Waals surface area contributed by atoms with Crippen molar-refractivity contribution in [3.05, 3.63) is 5.82 Å². The van der Waals surface area contributed by atoms with Gasteiger partial charge in [0.15, 0.2) is 5.82 Å². The lowest BCUT2D eigenvalue weighted by Gasteiger charge is -2.22. The number of rotatable bonds is 2. The minimum Gasteiger partial charge on any atom is -0.328 e. The Hall–Kier alpha value is -0.970. The third kappa shape index (κ3) is 1.70. The van der Waals surface area contributed by atoms with Crippen LogP contribution in [0.15, 0.2) is 0 Å². The summed E-state index contributed by atoms with van der Waals surface area (Å²) in [6.07, 6.45) is 3.32. The summed E-state index contributed by atoms with van der Waals surface area (Å²) in [5.74, 6) is 1.48. The van der Waals surface area contributed by atoms with Crippen molar-refractivity contribution in [2.75, 3.05) is 0 Å². The highest BCUT2D eigenvalue weighted by molar-refractivity contribution is 4.97. The number of nitrogens with zero attached hydrogens (tertiary/aromatic N) is 4. The van der Waals surface area contributed by atoms with Gasteiger partial charge in [0.05, 0.1) is 0 Å². The van der Waals surface area contributed by atoms with Gasteiger partial charge in [-0.25, -0.2) is 4.68 Å². The zero-order valence-electron chi connectivity index (χ0n) is 7.85. The maximum absolute atomic E-state index is 5.77. The van der Waals surface area contributed by atoms with Crippen molar-refractivity contribution in [1.29, 1.82) is 0 Å². The van der Waals surface area contributed by atoms with E-state index in [-0.39, 0.29) is 6.04 Å². The van der Waals surface area contributed by atoms with Crippen molar-refractivity contribution in [1.82, 2.24) is 20.2 Å². The fourth-order valence-corrected chi connectivity index (χ4v) is 1.95. The molecule has 1 aromatic rings. The van der Waals surface area contributed by atoms with Crippen molar-refractivity contribution < 1.29 is 0 Å². The van der Waals surface area contributed by atoms with Crippen LogP contribution in [0.4, 0.5) is 0 Å². The van der Waals surface area contributed by atoms with Crippen LogP contribution in [0.25, 0.3) is 0 Å². The minimum absolute atomic E-state index is 0.230. The largest absolute Gasteiger partial charge is 0.328 e. The number of aryl methyl sites for hydroxylation is 1. The third-order valence-electron chi connectivity index (χ3n) is 2.50. The van der Waals surface area contributed by atoms with Gasteiger partial charge in [-0.2, -0.15) is 0 Å². The van der Waals surface area contributed by atoms with Gasteiger partial charge in [0.1, 0.15) is 0 Å². The molecule has 13 heavy (non-hydrogen) atoms. The second-order valence-corrected chi connectivity index (χ2v) is 3.81. The molecule has 0 saturated heterocycles. The van der Waals surface area contributed by atoms with Crippen LogP contribution < -0.4 is 5.73 Å². The number of tetrazole rings is 1. The van der Waals surface area contributed by atoms with Gasteiger partial charge in [-0.3, -0.25) is 0 Å². The van der Waals surface area contributed by atoms with E-state index in [0.717, 1.165) is 25.2 Å². The van der Waals surface area contributed by atoms with Crippen LogP contribution in [0.2, 0.25) is 0 Å². The topological polar surface area (TPSA) is 69.6 Å². The molecular formula is C8H15N5. The van der Waals surface area contributed by atoms with E-state index in [0.29, 0.717) is 5.92 Å². The van der Waals surface area contributed by atoms with Gasteiger partial charge >= 0.3 is 0 Å². The molecule has 2 rings (SSSR count). The van der Waals surface area contributed by atoms with Crippen LogP contribution in [0.3, 0.4) is 0 Å². The third-order valence-corrected chi connectivity index (χ3v) is 2.50. The van der Waals surface area contributed by atoms with Gasteiger partial charge in [0.2, 0.25) is 0 Å². The van der Waals surface area contributed by atoms with Crippen LogP contribution in [0.1, 0.15) is 37.9 Å². The normalized spacial score (nSPS) is 24.0. The Balaban J connectivity index is 2.15. The van der Waals surface area contributed by atoms with Gasteiger partial charge in [-0.15, -0.1) is 5.10 Å². The molecule has 1 aliphatic heterocycles. The number of aromatic nitrogens is 4. The van der Waals surface area contributed by atoms with E-state index in [2.05, 4.69) is 15.5 Å². The molecule has 0 aromatic carbocycles. The Morgan fingerprint density at radius 3 is 3.31 bits per heavy atom. The molecule has 0 amide bonds. The SMILES string of the molecule is CC(N)CC1CCCn2nnnc21. The molecule has 5 nitrogen and oxygen atoms in total. The Bertz CT molecular complexity index is 280. The molecule has 2 unspecified atom stereocenters. The van der Waals surface area contributed by atoms with Crippen molar-refractivity contribution >= 4 is 0 Å². The predicted octanol–water partition coefficient (Wildman–Crippen LogP) is 0.288. The average molecular weight is 181 g/mol. The van der Waals surface area contributed by atoms with E-state index >= 15 is 0 Å². The average Bonchev–Trinajstić information content (AvgIpc) is 2.51. The Labute approximate surface area is 77.3 Å². The highest BCUT2D eigenvalue weighted by Gasteiger charge is 2.23. The van der Waals surface area contributed by atoms with Gasteiger partial charge in [-0.1, -0.05) is 0 Å². The van der Waals surface area contributed by atoms with E-state index in [4.69, 9.17) is 5.73 Å². The maximum atomic E-state index is 5.77. The molecule has 72 valence electrons. The molecule has 0 aliphatic carbocycles. The van der Waals surface area contributed by atoms with Crippen LogP contribution in [0, 0.1) is 0 Å². The molecule has 0 spiro atoms. The highest BCUT2D eigenvalue weighted by Crippen LogP contribution is 2.27. The van der Waals surface area contributed by atoms with Crippen molar-refractivity contribution in [2.24, 2.45) is 5.73 Å². The molecule has 0 radical (unpaired) electrons. The maximum Gasteiger partial charge on any atom is 0.154 e. The number of nitrogens with two attached hydrogens (primary N) is 1. The van der Waals surface area contributed by atoms with Gasteiger partial charge < -0.3 is 5.73 Å². The van der Waals surface area contributed by atoms with E-state index < -0.39 is 0 Å². The van der Waals surface area contributed by atoms with Crippen molar-refractivity contribution in [2.45, 2.75) is 44.7 Å². The molecule has 2 atom stereocenters. The summed E-state index contributed by atoms with van der Waals surface area (Å²) in [6, 6.07) is 0.230. The number of hydrogen-bond acceptors (Lipinski definition) is 4. The monoisotopic (exact) mass is 181 g/mol. The molecule has 2 N–H and O–H groups in total. The summed E-state index contributed by atoms with van der Waals surface area (Å²) in [4.78, 5) is 0. The summed E-state index contributed by atoms with van der Waals surface area (Å²) in [7, 11) is 0. The molecule has 0 saturated carbocycles.